The number of aliphatic hydroxyl groups is 2. The van der Waals surface area contributed by atoms with Crippen LogP contribution in [0.1, 0.15) is 10.5 Å². The van der Waals surface area contributed by atoms with Crippen molar-refractivity contribution in [1.82, 2.24) is 9.88 Å². The zero-order valence-corrected chi connectivity index (χ0v) is 8.72. The summed E-state index contributed by atoms with van der Waals surface area (Å²) in [4.78, 5) is 22.7. The van der Waals surface area contributed by atoms with E-state index in [2.05, 4.69) is 5.32 Å². The molecule has 3 N–H and O–H groups in total. The van der Waals surface area contributed by atoms with E-state index in [0.29, 0.717) is 0 Å². The van der Waals surface area contributed by atoms with Crippen LogP contribution < -0.4 is 10.7 Å². The van der Waals surface area contributed by atoms with Crippen molar-refractivity contribution in [3.05, 3.63) is 34.2 Å². The zero-order valence-electron chi connectivity index (χ0n) is 8.72. The molecule has 16 heavy (non-hydrogen) atoms. The van der Waals surface area contributed by atoms with Crippen LogP contribution in [0.25, 0.3) is 0 Å². The van der Waals surface area contributed by atoms with Crippen molar-refractivity contribution in [2.24, 2.45) is 0 Å². The second-order valence-corrected chi connectivity index (χ2v) is 3.14. The summed E-state index contributed by atoms with van der Waals surface area (Å²) in [5.74, 6) is -0.444. The molecule has 0 saturated carbocycles. The number of aromatic nitrogens is 1. The van der Waals surface area contributed by atoms with Gasteiger partial charge in [-0.3, -0.25) is 9.59 Å². The average Bonchev–Trinajstić information content (AvgIpc) is 2.28. The Kier molecular flexibility index (Phi) is 4.68. The van der Waals surface area contributed by atoms with Crippen LogP contribution >= 0.6 is 0 Å². The third-order valence-corrected chi connectivity index (χ3v) is 1.98. The predicted molar refractivity (Wildman–Crippen MR) is 57.2 cm³/mol. The molecule has 0 aromatic carbocycles. The van der Waals surface area contributed by atoms with E-state index < -0.39 is 5.91 Å². The first kappa shape index (κ1) is 12.4. The Morgan fingerprint density at radius 3 is 2.75 bits per heavy atom. The Balaban J connectivity index is 2.94. The monoisotopic (exact) mass is 226 g/mol. The molecule has 0 radical (unpaired) electrons. The number of aliphatic hydroxyl groups excluding tert-OH is 2. The molecule has 6 heteroatoms. The summed E-state index contributed by atoms with van der Waals surface area (Å²) in [6, 6.07) is 2.51. The van der Waals surface area contributed by atoms with E-state index in [1.54, 1.807) is 0 Å². The lowest BCUT2D eigenvalue weighted by molar-refractivity contribution is 0.0933. The fourth-order valence-corrected chi connectivity index (χ4v) is 1.27. The quantitative estimate of drug-likeness (QED) is 0.573. The van der Waals surface area contributed by atoms with Gasteiger partial charge >= 0.3 is 0 Å². The van der Waals surface area contributed by atoms with Gasteiger partial charge in [0.05, 0.1) is 13.2 Å². The van der Waals surface area contributed by atoms with Crippen LogP contribution in [-0.2, 0) is 6.54 Å². The first-order valence-corrected chi connectivity index (χ1v) is 4.89. The minimum absolute atomic E-state index is 0.122. The lowest BCUT2D eigenvalue weighted by Gasteiger charge is -2.11. The third kappa shape index (κ3) is 3.18. The van der Waals surface area contributed by atoms with Crippen molar-refractivity contribution >= 4 is 5.91 Å². The maximum atomic E-state index is 11.6. The molecule has 1 amide bonds. The van der Waals surface area contributed by atoms with Gasteiger partial charge in [0.25, 0.3) is 5.91 Å². The summed E-state index contributed by atoms with van der Waals surface area (Å²) in [5, 5.41) is 19.8. The minimum Gasteiger partial charge on any atom is -0.395 e. The van der Waals surface area contributed by atoms with Crippen LogP contribution in [0, 0.1) is 0 Å². The van der Waals surface area contributed by atoms with E-state index in [0.717, 1.165) is 0 Å². The van der Waals surface area contributed by atoms with Gasteiger partial charge in [-0.1, -0.05) is 0 Å². The van der Waals surface area contributed by atoms with Crippen LogP contribution in [0.15, 0.2) is 23.1 Å². The van der Waals surface area contributed by atoms with E-state index in [-0.39, 0.29) is 37.4 Å². The van der Waals surface area contributed by atoms with Gasteiger partial charge in [-0.25, -0.2) is 0 Å². The van der Waals surface area contributed by atoms with E-state index in [9.17, 15) is 9.59 Å². The predicted octanol–water partition coefficient (Wildman–Crippen LogP) is -1.44. The third-order valence-electron chi connectivity index (χ3n) is 1.98. The van der Waals surface area contributed by atoms with Gasteiger partial charge < -0.3 is 20.1 Å². The first-order chi connectivity index (χ1) is 7.69. The summed E-state index contributed by atoms with van der Waals surface area (Å²) >= 11 is 0. The Morgan fingerprint density at radius 2 is 2.12 bits per heavy atom. The molecule has 0 aliphatic rings. The Bertz CT molecular complexity index is 414. The van der Waals surface area contributed by atoms with Gasteiger partial charge in [-0.15, -0.1) is 0 Å². The second-order valence-electron chi connectivity index (χ2n) is 3.14. The molecule has 0 bridgehead atoms. The SMILES string of the molecule is O=C(NCCO)c1cc(=O)ccn1CCO. The number of rotatable bonds is 5. The summed E-state index contributed by atoms with van der Waals surface area (Å²) in [6.07, 6.45) is 1.45. The standard InChI is InChI=1S/C10H14N2O4/c13-5-2-11-10(16)9-7-8(15)1-3-12(9)4-6-14/h1,3,7,13-14H,2,4-6H2,(H,11,16). The smallest absolute Gasteiger partial charge is 0.268 e. The van der Waals surface area contributed by atoms with Gasteiger partial charge in [0.15, 0.2) is 5.43 Å². The molecule has 0 unspecified atom stereocenters. The molecule has 1 heterocycles. The lowest BCUT2D eigenvalue weighted by atomic mass is 10.3. The highest BCUT2D eigenvalue weighted by Gasteiger charge is 2.09. The highest BCUT2D eigenvalue weighted by Crippen LogP contribution is 1.96. The number of pyridine rings is 1. The number of amides is 1. The van der Waals surface area contributed by atoms with Gasteiger partial charge in [0.1, 0.15) is 5.69 Å². The summed E-state index contributed by atoms with van der Waals surface area (Å²) in [7, 11) is 0. The number of carbonyl (C=O) groups excluding carboxylic acids is 1. The van der Waals surface area contributed by atoms with Crippen LogP contribution in [0.3, 0.4) is 0 Å². The summed E-state index contributed by atoms with van der Waals surface area (Å²) < 4.78 is 1.48. The summed E-state index contributed by atoms with van der Waals surface area (Å²) in [5.41, 5.74) is -0.0988. The van der Waals surface area contributed by atoms with Gasteiger partial charge in [-0.2, -0.15) is 0 Å². The van der Waals surface area contributed by atoms with Crippen molar-refractivity contribution in [2.45, 2.75) is 6.54 Å². The van der Waals surface area contributed by atoms with Crippen LogP contribution in [-0.4, -0.2) is 40.4 Å². The number of hydrogen-bond acceptors (Lipinski definition) is 4. The topological polar surface area (TPSA) is 91.6 Å². The zero-order chi connectivity index (χ0) is 12.0. The molecule has 0 saturated heterocycles. The molecule has 0 aliphatic heterocycles. The molecule has 6 nitrogen and oxygen atoms in total. The molecular weight excluding hydrogens is 212 g/mol. The Hall–Kier alpha value is -1.66. The van der Waals surface area contributed by atoms with Crippen molar-refractivity contribution in [3.63, 3.8) is 0 Å². The number of nitrogens with zero attached hydrogens (tertiary/aromatic N) is 1. The molecule has 1 aromatic rings. The number of hydrogen-bond donors (Lipinski definition) is 3. The minimum atomic E-state index is -0.444. The first-order valence-electron chi connectivity index (χ1n) is 4.89. The number of nitrogens with one attached hydrogen (secondary N) is 1. The van der Waals surface area contributed by atoms with Crippen molar-refractivity contribution in [1.29, 1.82) is 0 Å². The summed E-state index contributed by atoms with van der Waals surface area (Å²) in [6.45, 7) is 0.0785. The maximum absolute atomic E-state index is 11.6. The normalized spacial score (nSPS) is 10.1. The average molecular weight is 226 g/mol. The van der Waals surface area contributed by atoms with Gasteiger partial charge in [0.2, 0.25) is 0 Å². The van der Waals surface area contributed by atoms with E-state index in [4.69, 9.17) is 10.2 Å². The van der Waals surface area contributed by atoms with E-state index in [1.165, 1.54) is 22.9 Å². The van der Waals surface area contributed by atoms with Crippen LogP contribution in [0.5, 0.6) is 0 Å². The fraction of sp³-hybridized carbons (Fsp3) is 0.400. The molecule has 0 spiro atoms. The molecular formula is C10H14N2O4. The van der Waals surface area contributed by atoms with Crippen LogP contribution in [0.4, 0.5) is 0 Å². The van der Waals surface area contributed by atoms with Crippen LogP contribution in [0.2, 0.25) is 0 Å². The van der Waals surface area contributed by atoms with E-state index in [1.807, 2.05) is 0 Å². The molecule has 88 valence electrons. The highest BCUT2D eigenvalue weighted by molar-refractivity contribution is 5.92. The van der Waals surface area contributed by atoms with Gasteiger partial charge in [-0.05, 0) is 0 Å². The Labute approximate surface area is 92.1 Å². The molecule has 1 aromatic heterocycles. The lowest BCUT2D eigenvalue weighted by Crippen LogP contribution is -2.30. The highest BCUT2D eigenvalue weighted by atomic mass is 16.3. The fourth-order valence-electron chi connectivity index (χ4n) is 1.27. The second kappa shape index (κ2) is 6.04. The van der Waals surface area contributed by atoms with Crippen molar-refractivity contribution < 1.29 is 15.0 Å². The molecule has 1 rings (SSSR count). The maximum Gasteiger partial charge on any atom is 0.268 e. The van der Waals surface area contributed by atoms with E-state index >= 15 is 0 Å². The molecule has 0 aliphatic carbocycles. The molecule has 0 atom stereocenters. The molecule has 0 fully saturated rings. The van der Waals surface area contributed by atoms with Gasteiger partial charge in [0, 0.05) is 31.4 Å². The van der Waals surface area contributed by atoms with Crippen molar-refractivity contribution in [2.75, 3.05) is 19.8 Å². The van der Waals surface area contributed by atoms with Crippen molar-refractivity contribution in [3.8, 4) is 0 Å². The Morgan fingerprint density at radius 1 is 1.38 bits per heavy atom. The largest absolute Gasteiger partial charge is 0.395 e. The number of carbonyl (C=O) groups is 1.